The van der Waals surface area contributed by atoms with Crippen molar-refractivity contribution in [3.63, 3.8) is 0 Å². The van der Waals surface area contributed by atoms with Gasteiger partial charge in [-0.3, -0.25) is 4.79 Å². The first-order valence-electron chi connectivity index (χ1n) is 8.11. The summed E-state index contributed by atoms with van der Waals surface area (Å²) < 4.78 is 0. The number of hydrogen-bond donors (Lipinski definition) is 2. The zero-order valence-electron chi connectivity index (χ0n) is 13.9. The van der Waals surface area contributed by atoms with Gasteiger partial charge in [0.1, 0.15) is 6.04 Å². The van der Waals surface area contributed by atoms with Crippen molar-refractivity contribution in [2.45, 2.75) is 13.0 Å². The van der Waals surface area contributed by atoms with Gasteiger partial charge in [0.25, 0.3) is 5.91 Å². The molecule has 0 saturated heterocycles. The van der Waals surface area contributed by atoms with Crippen molar-refractivity contribution in [3.8, 4) is 0 Å². The molecule has 0 bridgehead atoms. The molecule has 1 atom stereocenters. The number of thiophene rings is 1. The Hall–Kier alpha value is -2.14. The molecule has 128 valence electrons. The summed E-state index contributed by atoms with van der Waals surface area (Å²) >= 11 is 7.89. The molecule has 2 aromatic carbocycles. The van der Waals surface area contributed by atoms with Gasteiger partial charge in [-0.1, -0.05) is 54.1 Å². The number of nitrogens with one attached hydrogen (secondary N) is 1. The third-order valence-corrected chi connectivity index (χ3v) is 5.21. The van der Waals surface area contributed by atoms with Crippen LogP contribution in [0, 0.1) is 6.92 Å². The zero-order chi connectivity index (χ0) is 17.6. The molecule has 0 radical (unpaired) electrons. The van der Waals surface area contributed by atoms with Crippen molar-refractivity contribution in [1.82, 2.24) is 0 Å². The normalized spacial score (nSPS) is 11.9. The van der Waals surface area contributed by atoms with Crippen LogP contribution >= 0.6 is 22.9 Å². The van der Waals surface area contributed by atoms with Gasteiger partial charge in [0.05, 0.1) is 15.6 Å². The highest BCUT2D eigenvalue weighted by molar-refractivity contribution is 7.10. The van der Waals surface area contributed by atoms with E-state index in [1.807, 2.05) is 49.4 Å². The maximum Gasteiger partial charge on any atom is 0.279 e. The number of anilines is 1. The maximum atomic E-state index is 12.4. The van der Waals surface area contributed by atoms with Gasteiger partial charge in [-0.25, -0.2) is 0 Å². The van der Waals surface area contributed by atoms with Gasteiger partial charge in [0.15, 0.2) is 6.54 Å². The minimum atomic E-state index is -0.0664. The van der Waals surface area contributed by atoms with Crippen molar-refractivity contribution in [2.75, 3.05) is 11.9 Å². The molecule has 0 spiro atoms. The van der Waals surface area contributed by atoms with Crippen LogP contribution in [0.2, 0.25) is 5.02 Å². The first-order valence-corrected chi connectivity index (χ1v) is 9.37. The van der Waals surface area contributed by atoms with Crippen LogP contribution in [0.4, 0.5) is 5.69 Å². The Labute approximate surface area is 156 Å². The Morgan fingerprint density at radius 2 is 1.96 bits per heavy atom. The van der Waals surface area contributed by atoms with E-state index in [9.17, 15) is 4.79 Å². The Kier molecular flexibility index (Phi) is 5.87. The van der Waals surface area contributed by atoms with Crippen LogP contribution in [0.1, 0.15) is 22.0 Å². The number of carbonyl (C=O) groups is 1. The molecule has 0 aliphatic heterocycles. The van der Waals surface area contributed by atoms with Crippen LogP contribution in [0.25, 0.3) is 0 Å². The molecule has 3 nitrogen and oxygen atoms in total. The topological polar surface area (TPSA) is 45.7 Å². The molecule has 0 fully saturated rings. The number of nitrogens with two attached hydrogens (primary N) is 1. The number of benzene rings is 2. The van der Waals surface area contributed by atoms with Crippen LogP contribution < -0.4 is 10.6 Å². The lowest BCUT2D eigenvalue weighted by Crippen LogP contribution is -2.87. The number of carbonyl (C=O) groups excluding carboxylic acids is 1. The SMILES string of the molecule is Cc1ccc(NC(=O)C[NH2+][C@@H](c2ccccc2)c2cccs2)c(Cl)c1. The molecule has 3 N–H and O–H groups in total. The first-order chi connectivity index (χ1) is 12.1. The number of quaternary nitrogens is 1. The van der Waals surface area contributed by atoms with E-state index in [2.05, 4.69) is 34.2 Å². The van der Waals surface area contributed by atoms with Crippen LogP contribution in [0.3, 0.4) is 0 Å². The predicted molar refractivity (Wildman–Crippen MR) is 104 cm³/mol. The quantitative estimate of drug-likeness (QED) is 0.675. The van der Waals surface area contributed by atoms with E-state index in [1.165, 1.54) is 10.4 Å². The highest BCUT2D eigenvalue weighted by atomic mass is 35.5. The second-order valence-electron chi connectivity index (χ2n) is 5.88. The largest absolute Gasteiger partial charge is 0.328 e. The lowest BCUT2D eigenvalue weighted by molar-refractivity contribution is -0.675. The van der Waals surface area contributed by atoms with Crippen molar-refractivity contribution in [1.29, 1.82) is 0 Å². The number of aryl methyl sites for hydroxylation is 1. The van der Waals surface area contributed by atoms with Gasteiger partial charge in [-0.05, 0) is 36.1 Å². The van der Waals surface area contributed by atoms with Gasteiger partial charge in [-0.2, -0.15) is 0 Å². The molecular formula is C20H20ClN2OS+. The Morgan fingerprint density at radius 3 is 2.64 bits per heavy atom. The Morgan fingerprint density at radius 1 is 1.16 bits per heavy atom. The minimum absolute atomic E-state index is 0.0664. The zero-order valence-corrected chi connectivity index (χ0v) is 15.5. The molecule has 5 heteroatoms. The lowest BCUT2D eigenvalue weighted by atomic mass is 10.1. The molecule has 1 aromatic heterocycles. The highest BCUT2D eigenvalue weighted by Crippen LogP contribution is 2.23. The van der Waals surface area contributed by atoms with Crippen LogP contribution in [0.15, 0.2) is 66.0 Å². The van der Waals surface area contributed by atoms with E-state index in [0.29, 0.717) is 17.3 Å². The number of amides is 1. The van der Waals surface area contributed by atoms with Gasteiger partial charge in [0, 0.05) is 5.56 Å². The standard InChI is InChI=1S/C20H19ClN2OS/c1-14-9-10-17(16(21)12-14)23-19(24)13-22-20(18-8-5-11-25-18)15-6-3-2-4-7-15/h2-12,20,22H,13H2,1H3,(H,23,24)/p+1/t20-/m0/s1. The molecule has 25 heavy (non-hydrogen) atoms. The Bertz CT molecular complexity index is 834. The third-order valence-electron chi connectivity index (χ3n) is 3.95. The van der Waals surface area contributed by atoms with Crippen molar-refractivity contribution in [2.24, 2.45) is 0 Å². The number of halogens is 1. The maximum absolute atomic E-state index is 12.4. The number of rotatable bonds is 6. The summed E-state index contributed by atoms with van der Waals surface area (Å²) in [5.41, 5.74) is 2.90. The summed E-state index contributed by atoms with van der Waals surface area (Å²) in [6.07, 6.45) is 0. The van der Waals surface area contributed by atoms with Crippen LogP contribution in [-0.2, 0) is 4.79 Å². The van der Waals surface area contributed by atoms with Crippen LogP contribution in [0.5, 0.6) is 0 Å². The van der Waals surface area contributed by atoms with E-state index in [4.69, 9.17) is 11.6 Å². The fourth-order valence-corrected chi connectivity index (χ4v) is 3.83. The molecular weight excluding hydrogens is 352 g/mol. The third kappa shape index (κ3) is 4.69. The van der Waals surface area contributed by atoms with Crippen molar-refractivity contribution >= 4 is 34.5 Å². The van der Waals surface area contributed by atoms with Gasteiger partial charge in [-0.15, -0.1) is 11.3 Å². The summed E-state index contributed by atoms with van der Waals surface area (Å²) in [5.74, 6) is -0.0664. The van der Waals surface area contributed by atoms with Gasteiger partial charge < -0.3 is 10.6 Å². The fraction of sp³-hybridized carbons (Fsp3) is 0.150. The average Bonchev–Trinajstić information content (AvgIpc) is 3.13. The van der Waals surface area contributed by atoms with E-state index in [-0.39, 0.29) is 11.9 Å². The second-order valence-corrected chi connectivity index (χ2v) is 7.26. The Balaban J connectivity index is 1.68. The van der Waals surface area contributed by atoms with Crippen molar-refractivity contribution in [3.05, 3.63) is 87.1 Å². The van der Waals surface area contributed by atoms with Gasteiger partial charge >= 0.3 is 0 Å². The number of hydrogen-bond acceptors (Lipinski definition) is 2. The molecule has 3 aromatic rings. The molecule has 0 aliphatic carbocycles. The van der Waals surface area contributed by atoms with E-state index in [0.717, 1.165) is 5.56 Å². The summed E-state index contributed by atoms with van der Waals surface area (Å²) in [6, 6.07) is 20.1. The predicted octanol–water partition coefficient (Wildman–Crippen LogP) is 4.00. The average molecular weight is 372 g/mol. The van der Waals surface area contributed by atoms with E-state index in [1.54, 1.807) is 11.3 Å². The summed E-state index contributed by atoms with van der Waals surface area (Å²) in [5, 5.41) is 7.57. The summed E-state index contributed by atoms with van der Waals surface area (Å²) in [4.78, 5) is 13.6. The molecule has 3 rings (SSSR count). The van der Waals surface area contributed by atoms with Crippen molar-refractivity contribution < 1.29 is 10.1 Å². The first kappa shape index (κ1) is 17.7. The fourth-order valence-electron chi connectivity index (χ4n) is 2.69. The second kappa shape index (κ2) is 8.30. The monoisotopic (exact) mass is 371 g/mol. The van der Waals surface area contributed by atoms with E-state index >= 15 is 0 Å². The summed E-state index contributed by atoms with van der Waals surface area (Å²) in [6.45, 7) is 2.29. The molecule has 0 aliphatic rings. The lowest BCUT2D eigenvalue weighted by Gasteiger charge is -2.15. The van der Waals surface area contributed by atoms with E-state index < -0.39 is 0 Å². The smallest absolute Gasteiger partial charge is 0.279 e. The summed E-state index contributed by atoms with van der Waals surface area (Å²) in [7, 11) is 0. The molecule has 0 saturated carbocycles. The highest BCUT2D eigenvalue weighted by Gasteiger charge is 2.20. The molecule has 0 unspecified atom stereocenters. The molecule has 1 amide bonds. The van der Waals surface area contributed by atoms with Crippen LogP contribution in [-0.4, -0.2) is 12.5 Å². The molecule has 1 heterocycles. The minimum Gasteiger partial charge on any atom is -0.328 e. The van der Waals surface area contributed by atoms with Gasteiger partial charge in [0.2, 0.25) is 0 Å².